The van der Waals surface area contributed by atoms with Gasteiger partial charge in [-0.2, -0.15) is 0 Å². The van der Waals surface area contributed by atoms with Crippen LogP contribution < -0.4 is 0 Å². The van der Waals surface area contributed by atoms with Crippen molar-refractivity contribution in [3.05, 3.63) is 23.8 Å². The minimum absolute atomic E-state index is 0.190. The fraction of sp³-hybridized carbons (Fsp3) is 0.643. The van der Waals surface area contributed by atoms with E-state index in [9.17, 15) is 4.79 Å². The number of rotatable bonds is 4. The maximum Gasteiger partial charge on any atom is 0.162 e. The van der Waals surface area contributed by atoms with Crippen molar-refractivity contribution < 1.29 is 9.28 Å². The van der Waals surface area contributed by atoms with Crippen LogP contribution in [0.3, 0.4) is 0 Å². The predicted molar refractivity (Wildman–Crippen MR) is 68.1 cm³/mol. The van der Waals surface area contributed by atoms with Crippen molar-refractivity contribution in [3.63, 3.8) is 0 Å². The summed E-state index contributed by atoms with van der Waals surface area (Å²) in [4.78, 5) is 11.5. The number of Topliss-reactive ketones (excluding diaryl/α,β-unsaturated/α-hetero) is 1. The van der Waals surface area contributed by atoms with Gasteiger partial charge in [-0.3, -0.25) is 4.79 Å². The molecule has 0 amide bonds. The molecule has 0 aliphatic heterocycles. The van der Waals surface area contributed by atoms with Gasteiger partial charge in [0.05, 0.1) is 27.7 Å². The monoisotopic (exact) mass is 222 g/mol. The number of ketones is 1. The third kappa shape index (κ3) is 3.60. The molecule has 0 saturated carbocycles. The lowest BCUT2D eigenvalue weighted by molar-refractivity contribution is -0.876. The summed E-state index contributed by atoms with van der Waals surface area (Å²) in [6, 6.07) is 0. The fourth-order valence-corrected chi connectivity index (χ4v) is 2.38. The Morgan fingerprint density at radius 1 is 1.44 bits per heavy atom. The van der Waals surface area contributed by atoms with Crippen molar-refractivity contribution in [3.8, 4) is 0 Å². The Kier molecular flexibility index (Phi) is 3.74. The van der Waals surface area contributed by atoms with Crippen LogP contribution in [-0.2, 0) is 4.79 Å². The van der Waals surface area contributed by atoms with Gasteiger partial charge in [-0.05, 0) is 6.42 Å². The molecule has 1 unspecified atom stereocenters. The molecule has 0 saturated heterocycles. The number of carbonyl (C=O) groups excluding carboxylic acids is 1. The number of hydrogen-bond acceptors (Lipinski definition) is 1. The standard InChI is InChI=1S/C14H24NO/c1-6-13(16)12-7-9-14(2,10-8-12)11-15(3,4)5/h7-9H,6,10-11H2,1-5H3/q+1. The second-order valence-electron chi connectivity index (χ2n) is 6.08. The SMILES string of the molecule is CCC(=O)C1=CCC(C)(C[N+](C)(C)C)C=C1. The van der Waals surface area contributed by atoms with E-state index in [4.69, 9.17) is 0 Å². The van der Waals surface area contributed by atoms with Crippen LogP contribution in [0.25, 0.3) is 0 Å². The molecule has 0 heterocycles. The minimum Gasteiger partial charge on any atom is -0.330 e. The van der Waals surface area contributed by atoms with Crippen molar-refractivity contribution in [2.24, 2.45) is 5.41 Å². The van der Waals surface area contributed by atoms with Gasteiger partial charge < -0.3 is 4.48 Å². The van der Waals surface area contributed by atoms with Crippen LogP contribution in [0.5, 0.6) is 0 Å². The molecule has 2 nitrogen and oxygen atoms in total. The molecule has 1 aliphatic rings. The average Bonchev–Trinajstić information content (AvgIpc) is 2.14. The molecule has 2 heteroatoms. The van der Waals surface area contributed by atoms with Gasteiger partial charge in [-0.1, -0.05) is 32.1 Å². The van der Waals surface area contributed by atoms with Crippen LogP contribution in [0.4, 0.5) is 0 Å². The Hall–Kier alpha value is -0.890. The number of quaternary nitrogens is 1. The molecule has 90 valence electrons. The van der Waals surface area contributed by atoms with Crippen LogP contribution >= 0.6 is 0 Å². The smallest absolute Gasteiger partial charge is 0.162 e. The Bertz CT molecular complexity index is 333. The molecule has 0 N–H and O–H groups in total. The Balaban J connectivity index is 2.71. The Morgan fingerprint density at radius 3 is 2.44 bits per heavy atom. The van der Waals surface area contributed by atoms with E-state index in [2.05, 4.69) is 40.2 Å². The zero-order valence-electron chi connectivity index (χ0n) is 11.2. The first kappa shape index (κ1) is 13.2. The maximum absolute atomic E-state index is 11.5. The molecule has 0 radical (unpaired) electrons. The summed E-state index contributed by atoms with van der Waals surface area (Å²) >= 11 is 0. The second kappa shape index (κ2) is 4.54. The summed E-state index contributed by atoms with van der Waals surface area (Å²) < 4.78 is 0.950. The van der Waals surface area contributed by atoms with Gasteiger partial charge in [0.1, 0.15) is 0 Å². The Labute approximate surface area is 99.2 Å². The molecule has 0 fully saturated rings. The molecule has 1 atom stereocenters. The summed E-state index contributed by atoms with van der Waals surface area (Å²) in [6.45, 7) is 5.27. The van der Waals surface area contributed by atoms with Gasteiger partial charge in [0, 0.05) is 17.4 Å². The molecule has 16 heavy (non-hydrogen) atoms. The van der Waals surface area contributed by atoms with E-state index >= 15 is 0 Å². The molecule has 0 bridgehead atoms. The number of carbonyl (C=O) groups is 1. The van der Waals surface area contributed by atoms with E-state index in [0.717, 1.165) is 23.0 Å². The van der Waals surface area contributed by atoms with Crippen molar-refractivity contribution in [1.29, 1.82) is 0 Å². The molecule has 0 aromatic heterocycles. The van der Waals surface area contributed by atoms with Crippen molar-refractivity contribution >= 4 is 5.78 Å². The lowest BCUT2D eigenvalue weighted by atomic mass is 9.80. The third-order valence-electron chi connectivity index (χ3n) is 2.93. The minimum atomic E-state index is 0.190. The predicted octanol–water partition coefficient (Wildman–Crippen LogP) is 2.56. The van der Waals surface area contributed by atoms with Gasteiger partial charge in [0.2, 0.25) is 0 Å². The topological polar surface area (TPSA) is 17.1 Å². The van der Waals surface area contributed by atoms with Gasteiger partial charge in [-0.15, -0.1) is 0 Å². The lowest BCUT2D eigenvalue weighted by Gasteiger charge is -2.35. The first-order chi connectivity index (χ1) is 7.26. The highest BCUT2D eigenvalue weighted by atomic mass is 16.1. The van der Waals surface area contributed by atoms with Gasteiger partial charge in [-0.25, -0.2) is 0 Å². The van der Waals surface area contributed by atoms with E-state index < -0.39 is 0 Å². The van der Waals surface area contributed by atoms with Gasteiger partial charge in [0.25, 0.3) is 0 Å². The summed E-state index contributed by atoms with van der Waals surface area (Å²) in [6.07, 6.45) is 7.88. The van der Waals surface area contributed by atoms with E-state index in [1.54, 1.807) is 0 Å². The van der Waals surface area contributed by atoms with E-state index in [1.807, 2.05) is 13.0 Å². The van der Waals surface area contributed by atoms with Crippen molar-refractivity contribution in [1.82, 2.24) is 0 Å². The normalized spacial score (nSPS) is 25.4. The van der Waals surface area contributed by atoms with Crippen molar-refractivity contribution in [2.45, 2.75) is 26.7 Å². The van der Waals surface area contributed by atoms with Gasteiger partial charge >= 0.3 is 0 Å². The van der Waals surface area contributed by atoms with E-state index in [1.165, 1.54) is 0 Å². The molecular weight excluding hydrogens is 198 g/mol. The van der Waals surface area contributed by atoms with Gasteiger partial charge in [0.15, 0.2) is 5.78 Å². The summed E-state index contributed by atoms with van der Waals surface area (Å²) in [5, 5.41) is 0. The highest BCUT2D eigenvalue weighted by Crippen LogP contribution is 2.31. The first-order valence-corrected chi connectivity index (χ1v) is 5.99. The zero-order valence-corrected chi connectivity index (χ0v) is 11.2. The van der Waals surface area contributed by atoms with Crippen LogP contribution in [0, 0.1) is 5.41 Å². The van der Waals surface area contributed by atoms with E-state index in [0.29, 0.717) is 6.42 Å². The largest absolute Gasteiger partial charge is 0.330 e. The summed E-state index contributed by atoms with van der Waals surface area (Å²) in [7, 11) is 6.61. The average molecular weight is 222 g/mol. The van der Waals surface area contributed by atoms with Crippen molar-refractivity contribution in [2.75, 3.05) is 27.7 Å². The quantitative estimate of drug-likeness (QED) is 0.668. The number of allylic oxidation sites excluding steroid dienone is 3. The van der Waals surface area contributed by atoms with Crippen LogP contribution in [0.2, 0.25) is 0 Å². The fourth-order valence-electron chi connectivity index (χ4n) is 2.38. The molecule has 1 rings (SSSR count). The van der Waals surface area contributed by atoms with Crippen LogP contribution in [0.15, 0.2) is 23.8 Å². The molecule has 1 aliphatic carbocycles. The molecular formula is C14H24NO+. The van der Waals surface area contributed by atoms with Crippen LogP contribution in [0.1, 0.15) is 26.7 Å². The van der Waals surface area contributed by atoms with E-state index in [-0.39, 0.29) is 11.2 Å². The second-order valence-corrected chi connectivity index (χ2v) is 6.08. The maximum atomic E-state index is 11.5. The highest BCUT2D eigenvalue weighted by Gasteiger charge is 2.29. The Morgan fingerprint density at radius 2 is 2.06 bits per heavy atom. The highest BCUT2D eigenvalue weighted by molar-refractivity contribution is 5.97. The zero-order chi connectivity index (χ0) is 12.4. The molecule has 0 aromatic rings. The van der Waals surface area contributed by atoms with Crippen LogP contribution in [-0.4, -0.2) is 38.0 Å². The third-order valence-corrected chi connectivity index (χ3v) is 2.93. The molecule has 0 spiro atoms. The summed E-state index contributed by atoms with van der Waals surface area (Å²) in [5.41, 5.74) is 1.08. The lowest BCUT2D eigenvalue weighted by Crippen LogP contribution is -2.43. The molecule has 0 aromatic carbocycles. The summed E-state index contributed by atoms with van der Waals surface area (Å²) in [5.74, 6) is 0.253. The number of nitrogens with zero attached hydrogens (tertiary/aromatic N) is 1. The number of hydrogen-bond donors (Lipinski definition) is 0. The first-order valence-electron chi connectivity index (χ1n) is 5.99.